The van der Waals surface area contributed by atoms with E-state index in [4.69, 9.17) is 0 Å². The fourth-order valence-electron chi connectivity index (χ4n) is 5.31. The van der Waals surface area contributed by atoms with Gasteiger partial charge in [0.2, 0.25) is 0 Å². The fraction of sp³-hybridized carbons (Fsp3) is 0.333. The van der Waals surface area contributed by atoms with E-state index >= 15 is 0 Å². The van der Waals surface area contributed by atoms with Crippen molar-refractivity contribution in [2.45, 2.75) is 38.8 Å². The number of benzene rings is 1. The van der Waals surface area contributed by atoms with Gasteiger partial charge in [-0.25, -0.2) is 9.97 Å². The predicted molar refractivity (Wildman–Crippen MR) is 138 cm³/mol. The first-order chi connectivity index (χ1) is 17.4. The zero-order chi connectivity index (χ0) is 24.9. The van der Waals surface area contributed by atoms with Crippen molar-refractivity contribution in [1.82, 2.24) is 24.7 Å². The number of carbonyl (C=O) groups is 1. The summed E-state index contributed by atoms with van der Waals surface area (Å²) in [6.07, 6.45) is 11.1. The van der Waals surface area contributed by atoms with Gasteiger partial charge in [0, 0.05) is 43.5 Å². The number of rotatable bonds is 5. The van der Waals surface area contributed by atoms with Gasteiger partial charge in [0.05, 0.1) is 46.8 Å². The molecule has 36 heavy (non-hydrogen) atoms. The number of aliphatic hydroxyl groups is 1. The molecule has 1 aromatic carbocycles. The number of fused-ring (bicyclic) bond motifs is 2. The lowest BCUT2D eigenvalue weighted by Crippen LogP contribution is -2.44. The number of pyridine rings is 1. The summed E-state index contributed by atoms with van der Waals surface area (Å²) in [7, 11) is 0. The number of amides is 1. The van der Waals surface area contributed by atoms with E-state index in [2.05, 4.69) is 30.5 Å². The summed E-state index contributed by atoms with van der Waals surface area (Å²) in [5, 5.41) is 16.8. The molecule has 9 heteroatoms. The molecule has 3 N–H and O–H groups in total. The Morgan fingerprint density at radius 1 is 1.14 bits per heavy atom. The van der Waals surface area contributed by atoms with Crippen molar-refractivity contribution >= 4 is 28.7 Å². The highest BCUT2D eigenvalue weighted by Gasteiger charge is 2.31. The molecule has 1 fully saturated rings. The largest absolute Gasteiger partial charge is 0.390 e. The van der Waals surface area contributed by atoms with Crippen molar-refractivity contribution in [2.24, 2.45) is 5.92 Å². The second kappa shape index (κ2) is 8.60. The smallest absolute Gasteiger partial charge is 0.254 e. The summed E-state index contributed by atoms with van der Waals surface area (Å²) in [5.41, 5.74) is 5.27. The average Bonchev–Trinajstić information content (AvgIpc) is 3.49. The van der Waals surface area contributed by atoms with Crippen molar-refractivity contribution in [3.05, 3.63) is 66.4 Å². The molecule has 1 saturated heterocycles. The highest BCUT2D eigenvalue weighted by Crippen LogP contribution is 2.36. The molecule has 2 aliphatic heterocycles. The Bertz CT molecular complexity index is 1440. The van der Waals surface area contributed by atoms with Crippen LogP contribution in [0, 0.1) is 5.92 Å². The van der Waals surface area contributed by atoms with E-state index in [1.807, 2.05) is 61.1 Å². The molecule has 0 aliphatic carbocycles. The van der Waals surface area contributed by atoms with Crippen LogP contribution in [0.1, 0.15) is 42.6 Å². The van der Waals surface area contributed by atoms with Crippen molar-refractivity contribution in [3.63, 3.8) is 0 Å². The topological polar surface area (TPSA) is 108 Å². The van der Waals surface area contributed by atoms with Gasteiger partial charge in [0.25, 0.3) is 5.91 Å². The first-order valence-electron chi connectivity index (χ1n) is 12.3. The molecule has 5 heterocycles. The van der Waals surface area contributed by atoms with E-state index in [1.54, 1.807) is 12.4 Å². The number of hydrogen-bond acceptors (Lipinski definition) is 7. The molecule has 0 radical (unpaired) electrons. The third kappa shape index (κ3) is 3.95. The Labute approximate surface area is 209 Å². The Morgan fingerprint density at radius 2 is 2.03 bits per heavy atom. The molecule has 1 atom stereocenters. The van der Waals surface area contributed by atoms with Gasteiger partial charge >= 0.3 is 0 Å². The number of anilines is 3. The number of piperidine rings is 1. The SMILES string of the molecule is CC(C)(O)C1CCCN(c2ccc(Nc3ccc(-c4cnc5cnccn45)c4c3C(=O)NC4)nc2)C1. The molecular weight excluding hydrogens is 454 g/mol. The fourth-order valence-corrected chi connectivity index (χ4v) is 5.31. The first kappa shape index (κ1) is 22.5. The number of imidazole rings is 1. The van der Waals surface area contributed by atoms with Crippen LogP contribution in [0.15, 0.2) is 55.2 Å². The summed E-state index contributed by atoms with van der Waals surface area (Å²) < 4.78 is 1.97. The van der Waals surface area contributed by atoms with Crippen LogP contribution in [0.25, 0.3) is 16.9 Å². The van der Waals surface area contributed by atoms with Gasteiger partial charge in [-0.05, 0) is 50.5 Å². The van der Waals surface area contributed by atoms with E-state index in [9.17, 15) is 9.90 Å². The third-order valence-electron chi connectivity index (χ3n) is 7.36. The van der Waals surface area contributed by atoms with Crippen LogP contribution in [0.4, 0.5) is 17.2 Å². The lowest BCUT2D eigenvalue weighted by atomic mass is 9.84. The molecule has 9 nitrogen and oxygen atoms in total. The maximum absolute atomic E-state index is 12.8. The standard InChI is InChI=1S/C27H29N7O2/c1-27(2,36)17-4-3-10-33(16-17)18-5-8-23(29-12-18)32-21-7-6-19(20-13-31-26(35)25(20)21)22-14-30-24-15-28-9-11-34(22)24/h5-9,11-12,14-15,17,36H,3-4,10,13,16H2,1-2H3,(H,29,32)(H,31,35). The minimum atomic E-state index is -0.694. The zero-order valence-corrected chi connectivity index (χ0v) is 20.4. The van der Waals surface area contributed by atoms with Crippen LogP contribution in [0.3, 0.4) is 0 Å². The van der Waals surface area contributed by atoms with Gasteiger partial charge in [-0.2, -0.15) is 0 Å². The summed E-state index contributed by atoms with van der Waals surface area (Å²) in [5.74, 6) is 0.797. The van der Waals surface area contributed by atoms with Crippen LogP contribution in [0.2, 0.25) is 0 Å². The molecule has 1 unspecified atom stereocenters. The van der Waals surface area contributed by atoms with E-state index in [0.717, 1.165) is 59.8 Å². The third-order valence-corrected chi connectivity index (χ3v) is 7.36. The van der Waals surface area contributed by atoms with Gasteiger partial charge in [-0.15, -0.1) is 0 Å². The van der Waals surface area contributed by atoms with Crippen LogP contribution >= 0.6 is 0 Å². The molecule has 1 amide bonds. The Morgan fingerprint density at radius 3 is 2.83 bits per heavy atom. The molecule has 2 aliphatic rings. The minimum absolute atomic E-state index is 0.104. The summed E-state index contributed by atoms with van der Waals surface area (Å²) in [6, 6.07) is 7.93. The monoisotopic (exact) mass is 483 g/mol. The van der Waals surface area contributed by atoms with E-state index in [0.29, 0.717) is 17.9 Å². The van der Waals surface area contributed by atoms with Crippen molar-refractivity contribution < 1.29 is 9.90 Å². The Balaban J connectivity index is 1.27. The average molecular weight is 484 g/mol. The molecule has 0 bridgehead atoms. The van der Waals surface area contributed by atoms with Crippen LogP contribution < -0.4 is 15.5 Å². The van der Waals surface area contributed by atoms with Gasteiger partial charge in [0.15, 0.2) is 5.65 Å². The number of hydrogen-bond donors (Lipinski definition) is 3. The lowest BCUT2D eigenvalue weighted by Gasteiger charge is -2.39. The quantitative estimate of drug-likeness (QED) is 0.397. The van der Waals surface area contributed by atoms with Gasteiger partial charge in [-0.1, -0.05) is 6.07 Å². The summed E-state index contributed by atoms with van der Waals surface area (Å²) in [6.45, 7) is 6.00. The van der Waals surface area contributed by atoms with E-state index in [1.165, 1.54) is 0 Å². The van der Waals surface area contributed by atoms with Gasteiger partial charge in [-0.3, -0.25) is 14.2 Å². The van der Waals surface area contributed by atoms with Gasteiger partial charge < -0.3 is 20.6 Å². The van der Waals surface area contributed by atoms with Gasteiger partial charge in [0.1, 0.15) is 5.82 Å². The Kier molecular flexibility index (Phi) is 5.37. The molecule has 6 rings (SSSR count). The van der Waals surface area contributed by atoms with Crippen LogP contribution in [-0.2, 0) is 6.54 Å². The predicted octanol–water partition coefficient (Wildman–Crippen LogP) is 3.77. The highest BCUT2D eigenvalue weighted by atomic mass is 16.3. The Hall–Kier alpha value is -3.98. The van der Waals surface area contributed by atoms with Crippen LogP contribution in [-0.4, -0.2) is 49.1 Å². The number of nitrogens with one attached hydrogen (secondary N) is 2. The normalized spacial score (nSPS) is 17.8. The molecule has 4 aromatic rings. The van der Waals surface area contributed by atoms with Crippen molar-refractivity contribution in [3.8, 4) is 11.3 Å². The molecular formula is C27H29N7O2. The van der Waals surface area contributed by atoms with Crippen molar-refractivity contribution in [2.75, 3.05) is 23.3 Å². The highest BCUT2D eigenvalue weighted by molar-refractivity contribution is 6.06. The molecule has 184 valence electrons. The summed E-state index contributed by atoms with van der Waals surface area (Å²) >= 11 is 0. The number of carbonyl (C=O) groups excluding carboxylic acids is 1. The van der Waals surface area contributed by atoms with E-state index < -0.39 is 5.60 Å². The van der Waals surface area contributed by atoms with E-state index in [-0.39, 0.29) is 11.8 Å². The second-order valence-corrected chi connectivity index (χ2v) is 10.1. The maximum atomic E-state index is 12.8. The number of aromatic nitrogens is 4. The van der Waals surface area contributed by atoms with Crippen molar-refractivity contribution in [1.29, 1.82) is 0 Å². The lowest BCUT2D eigenvalue weighted by molar-refractivity contribution is 0.0110. The molecule has 0 spiro atoms. The van der Waals surface area contributed by atoms with Crippen LogP contribution in [0.5, 0.6) is 0 Å². The second-order valence-electron chi connectivity index (χ2n) is 10.1. The maximum Gasteiger partial charge on any atom is 0.254 e. The number of nitrogens with zero attached hydrogens (tertiary/aromatic N) is 5. The zero-order valence-electron chi connectivity index (χ0n) is 20.4. The molecule has 0 saturated carbocycles. The summed E-state index contributed by atoms with van der Waals surface area (Å²) in [4.78, 5) is 28.3. The first-order valence-corrected chi connectivity index (χ1v) is 12.3. The molecule has 3 aromatic heterocycles. The minimum Gasteiger partial charge on any atom is -0.390 e.